The summed E-state index contributed by atoms with van der Waals surface area (Å²) in [6.07, 6.45) is 6.88. The third-order valence-electron chi connectivity index (χ3n) is 4.66. The molecule has 0 amide bonds. The van der Waals surface area contributed by atoms with Gasteiger partial charge in [-0.25, -0.2) is 0 Å². The van der Waals surface area contributed by atoms with Crippen LogP contribution in [0.25, 0.3) is 0 Å². The minimum atomic E-state index is 0.451. The van der Waals surface area contributed by atoms with E-state index in [9.17, 15) is 0 Å². The molecular formula is C16H24N2. The average molecular weight is 244 g/mol. The van der Waals surface area contributed by atoms with Gasteiger partial charge in [-0.1, -0.05) is 36.8 Å². The van der Waals surface area contributed by atoms with Crippen LogP contribution >= 0.6 is 0 Å². The van der Waals surface area contributed by atoms with E-state index in [0.29, 0.717) is 5.54 Å². The molecule has 1 N–H and O–H groups in total. The Balaban J connectivity index is 1.75. The molecule has 3 rings (SSSR count). The maximum Gasteiger partial charge on any atom is 0.0337 e. The number of hydrogen-bond acceptors (Lipinski definition) is 2. The van der Waals surface area contributed by atoms with Crippen LogP contribution in [0.2, 0.25) is 0 Å². The van der Waals surface area contributed by atoms with Crippen molar-refractivity contribution in [2.75, 3.05) is 19.6 Å². The van der Waals surface area contributed by atoms with E-state index in [4.69, 9.17) is 0 Å². The quantitative estimate of drug-likeness (QED) is 0.860. The number of hydrogen-bond donors (Lipinski definition) is 1. The Morgan fingerprint density at radius 2 is 1.89 bits per heavy atom. The number of nitrogens with one attached hydrogen (secondary N) is 1. The van der Waals surface area contributed by atoms with Crippen LogP contribution < -0.4 is 5.32 Å². The van der Waals surface area contributed by atoms with Gasteiger partial charge >= 0.3 is 0 Å². The van der Waals surface area contributed by atoms with Gasteiger partial charge in [0, 0.05) is 18.6 Å². The fraction of sp³-hybridized carbons (Fsp3) is 0.625. The second-order valence-electron chi connectivity index (χ2n) is 5.87. The third-order valence-corrected chi connectivity index (χ3v) is 4.66. The number of piperidine rings is 2. The zero-order valence-electron chi connectivity index (χ0n) is 11.2. The Kier molecular flexibility index (Phi) is 3.67. The Bertz CT molecular complexity index is 360. The first-order valence-electron chi connectivity index (χ1n) is 7.39. The van der Waals surface area contributed by atoms with Crippen LogP contribution in [-0.2, 0) is 6.54 Å². The highest BCUT2D eigenvalue weighted by molar-refractivity contribution is 5.15. The zero-order chi connectivity index (χ0) is 12.3. The van der Waals surface area contributed by atoms with E-state index in [0.717, 1.165) is 6.54 Å². The van der Waals surface area contributed by atoms with Gasteiger partial charge in [-0.2, -0.15) is 0 Å². The molecule has 1 aromatic carbocycles. The Hall–Kier alpha value is -0.860. The second-order valence-corrected chi connectivity index (χ2v) is 5.87. The largest absolute Gasteiger partial charge is 0.315 e. The van der Waals surface area contributed by atoms with Gasteiger partial charge in [-0.05, 0) is 44.3 Å². The molecule has 1 unspecified atom stereocenters. The highest BCUT2D eigenvalue weighted by Crippen LogP contribution is 2.34. The molecule has 18 heavy (non-hydrogen) atoms. The van der Waals surface area contributed by atoms with Crippen molar-refractivity contribution in [1.29, 1.82) is 0 Å². The first kappa shape index (κ1) is 12.2. The highest BCUT2D eigenvalue weighted by Gasteiger charge is 2.39. The fourth-order valence-electron chi connectivity index (χ4n) is 3.64. The molecule has 1 atom stereocenters. The second kappa shape index (κ2) is 5.41. The molecule has 2 aliphatic heterocycles. The normalized spacial score (nSPS) is 29.6. The van der Waals surface area contributed by atoms with E-state index >= 15 is 0 Å². The molecule has 0 aliphatic carbocycles. The van der Waals surface area contributed by atoms with Gasteiger partial charge in [-0.3, -0.25) is 4.90 Å². The van der Waals surface area contributed by atoms with E-state index in [1.54, 1.807) is 0 Å². The standard InChI is InChI=1S/C16H24N2/c1-2-7-15(8-3-1)13-18-12-5-4-9-16(18)10-6-11-17-14-16/h1-3,7-8,17H,4-6,9-14H2. The number of likely N-dealkylation sites (tertiary alicyclic amines) is 1. The molecule has 2 heteroatoms. The first-order chi connectivity index (χ1) is 8.89. The van der Waals surface area contributed by atoms with Crippen molar-refractivity contribution < 1.29 is 0 Å². The van der Waals surface area contributed by atoms with Gasteiger partial charge in [0.25, 0.3) is 0 Å². The van der Waals surface area contributed by atoms with Crippen molar-refractivity contribution in [3.05, 3.63) is 35.9 Å². The topological polar surface area (TPSA) is 15.3 Å². The fourth-order valence-corrected chi connectivity index (χ4v) is 3.64. The summed E-state index contributed by atoms with van der Waals surface area (Å²) < 4.78 is 0. The smallest absolute Gasteiger partial charge is 0.0337 e. The molecule has 0 aromatic heterocycles. The maximum absolute atomic E-state index is 3.62. The van der Waals surface area contributed by atoms with E-state index in [1.165, 1.54) is 57.3 Å². The molecular weight excluding hydrogens is 220 g/mol. The lowest BCUT2D eigenvalue weighted by molar-refractivity contribution is 0.0187. The Morgan fingerprint density at radius 3 is 2.67 bits per heavy atom. The number of rotatable bonds is 2. The maximum atomic E-state index is 3.62. The molecule has 0 bridgehead atoms. The molecule has 2 fully saturated rings. The predicted octanol–water partition coefficient (Wildman–Crippen LogP) is 2.79. The lowest BCUT2D eigenvalue weighted by Crippen LogP contribution is -2.59. The molecule has 1 aromatic rings. The van der Waals surface area contributed by atoms with Gasteiger partial charge in [0.2, 0.25) is 0 Å². The van der Waals surface area contributed by atoms with Crippen molar-refractivity contribution in [1.82, 2.24) is 10.2 Å². The van der Waals surface area contributed by atoms with Crippen molar-refractivity contribution >= 4 is 0 Å². The van der Waals surface area contributed by atoms with Crippen molar-refractivity contribution in [2.24, 2.45) is 0 Å². The summed E-state index contributed by atoms with van der Waals surface area (Å²) in [5.41, 5.74) is 1.91. The summed E-state index contributed by atoms with van der Waals surface area (Å²) in [6, 6.07) is 10.9. The monoisotopic (exact) mass is 244 g/mol. The van der Waals surface area contributed by atoms with Crippen LogP contribution in [0, 0.1) is 0 Å². The summed E-state index contributed by atoms with van der Waals surface area (Å²) >= 11 is 0. The van der Waals surface area contributed by atoms with Crippen LogP contribution in [0.5, 0.6) is 0 Å². The first-order valence-corrected chi connectivity index (χ1v) is 7.39. The zero-order valence-corrected chi connectivity index (χ0v) is 11.2. The summed E-state index contributed by atoms with van der Waals surface area (Å²) in [5.74, 6) is 0. The number of nitrogens with zero attached hydrogens (tertiary/aromatic N) is 1. The van der Waals surface area contributed by atoms with Gasteiger partial charge < -0.3 is 5.32 Å². The molecule has 2 aliphatic rings. The molecule has 0 saturated carbocycles. The van der Waals surface area contributed by atoms with Gasteiger partial charge in [0.05, 0.1) is 0 Å². The minimum Gasteiger partial charge on any atom is -0.315 e. The van der Waals surface area contributed by atoms with Crippen LogP contribution in [0.4, 0.5) is 0 Å². The molecule has 1 spiro atoms. The predicted molar refractivity (Wildman–Crippen MR) is 75.5 cm³/mol. The lowest BCUT2D eigenvalue weighted by atomic mass is 9.80. The van der Waals surface area contributed by atoms with E-state index < -0.39 is 0 Å². The summed E-state index contributed by atoms with van der Waals surface area (Å²) in [7, 11) is 0. The third kappa shape index (κ3) is 2.45. The van der Waals surface area contributed by atoms with Gasteiger partial charge in [0.15, 0.2) is 0 Å². The Morgan fingerprint density at radius 1 is 1.06 bits per heavy atom. The summed E-state index contributed by atoms with van der Waals surface area (Å²) in [4.78, 5) is 2.75. The molecule has 98 valence electrons. The molecule has 0 radical (unpaired) electrons. The van der Waals surface area contributed by atoms with E-state index in [-0.39, 0.29) is 0 Å². The Labute approximate surface area is 110 Å². The average Bonchev–Trinajstić information content (AvgIpc) is 2.44. The van der Waals surface area contributed by atoms with Gasteiger partial charge in [0.1, 0.15) is 0 Å². The lowest BCUT2D eigenvalue weighted by Gasteiger charge is -2.50. The molecule has 2 nitrogen and oxygen atoms in total. The van der Waals surface area contributed by atoms with E-state index in [1.807, 2.05) is 0 Å². The van der Waals surface area contributed by atoms with Crippen LogP contribution in [0.15, 0.2) is 30.3 Å². The van der Waals surface area contributed by atoms with Crippen LogP contribution in [0.3, 0.4) is 0 Å². The highest BCUT2D eigenvalue weighted by atomic mass is 15.2. The van der Waals surface area contributed by atoms with Crippen molar-refractivity contribution in [3.63, 3.8) is 0 Å². The van der Waals surface area contributed by atoms with Gasteiger partial charge in [-0.15, -0.1) is 0 Å². The van der Waals surface area contributed by atoms with Crippen LogP contribution in [-0.4, -0.2) is 30.1 Å². The molecule has 2 heterocycles. The molecule has 2 saturated heterocycles. The van der Waals surface area contributed by atoms with Crippen LogP contribution in [0.1, 0.15) is 37.7 Å². The summed E-state index contributed by atoms with van der Waals surface area (Å²) in [6.45, 7) is 4.81. The SMILES string of the molecule is c1ccc(CN2CCCCC23CCCNC3)cc1. The van der Waals surface area contributed by atoms with E-state index in [2.05, 4.69) is 40.5 Å². The number of benzene rings is 1. The van der Waals surface area contributed by atoms with Crippen molar-refractivity contribution in [3.8, 4) is 0 Å². The summed E-state index contributed by atoms with van der Waals surface area (Å²) in [5, 5.41) is 3.62. The minimum absolute atomic E-state index is 0.451. The van der Waals surface area contributed by atoms with Crippen molar-refractivity contribution in [2.45, 2.75) is 44.2 Å².